The summed E-state index contributed by atoms with van der Waals surface area (Å²) in [5.74, 6) is 0.0576. The Labute approximate surface area is 168 Å². The standard InChI is InChI=1S/C23H22N2O2S/c26-22(19-12-14-25(15-13-19)23(27)21-7-4-16-28-21)24-20-10-8-18(9-11-20)17-5-2-1-3-6-17/h1-11,16,19H,12-15H2,(H,24,26). The zero-order valence-corrected chi connectivity index (χ0v) is 16.3. The van der Waals surface area contributed by atoms with Crippen LogP contribution in [0.3, 0.4) is 0 Å². The van der Waals surface area contributed by atoms with Gasteiger partial charge in [0.1, 0.15) is 0 Å². The lowest BCUT2D eigenvalue weighted by Crippen LogP contribution is -2.41. The smallest absolute Gasteiger partial charge is 0.263 e. The molecule has 4 rings (SSSR count). The third-order valence-electron chi connectivity index (χ3n) is 5.14. The molecule has 1 fully saturated rings. The highest BCUT2D eigenvalue weighted by atomic mass is 32.1. The fourth-order valence-electron chi connectivity index (χ4n) is 3.52. The summed E-state index contributed by atoms with van der Waals surface area (Å²) in [7, 11) is 0. The number of hydrogen-bond acceptors (Lipinski definition) is 3. The monoisotopic (exact) mass is 390 g/mol. The first-order chi connectivity index (χ1) is 13.7. The zero-order valence-electron chi connectivity index (χ0n) is 15.5. The summed E-state index contributed by atoms with van der Waals surface area (Å²) >= 11 is 1.46. The van der Waals surface area contributed by atoms with Gasteiger partial charge in [-0.3, -0.25) is 9.59 Å². The van der Waals surface area contributed by atoms with Gasteiger partial charge in [-0.25, -0.2) is 0 Å². The summed E-state index contributed by atoms with van der Waals surface area (Å²) in [6, 6.07) is 21.8. The van der Waals surface area contributed by atoms with Crippen LogP contribution in [0.5, 0.6) is 0 Å². The minimum Gasteiger partial charge on any atom is -0.338 e. The average molecular weight is 391 g/mol. The molecule has 1 aromatic heterocycles. The first kappa shape index (κ1) is 18.4. The highest BCUT2D eigenvalue weighted by molar-refractivity contribution is 7.12. The third kappa shape index (κ3) is 4.15. The van der Waals surface area contributed by atoms with Crippen molar-refractivity contribution in [2.24, 2.45) is 5.92 Å². The summed E-state index contributed by atoms with van der Waals surface area (Å²) in [5.41, 5.74) is 3.09. The van der Waals surface area contributed by atoms with Crippen molar-refractivity contribution < 1.29 is 9.59 Å². The Bertz CT molecular complexity index is 929. The Kier molecular flexibility index (Phi) is 5.53. The molecule has 1 N–H and O–H groups in total. The largest absolute Gasteiger partial charge is 0.338 e. The molecule has 3 aromatic rings. The number of piperidine rings is 1. The molecule has 1 aliphatic rings. The molecular weight excluding hydrogens is 368 g/mol. The van der Waals surface area contributed by atoms with Crippen LogP contribution in [0, 0.1) is 5.92 Å². The summed E-state index contributed by atoms with van der Waals surface area (Å²) in [6.45, 7) is 1.25. The van der Waals surface area contributed by atoms with E-state index in [0.717, 1.165) is 21.7 Å². The summed E-state index contributed by atoms with van der Waals surface area (Å²) in [6.07, 6.45) is 1.40. The van der Waals surface area contributed by atoms with E-state index in [1.165, 1.54) is 11.3 Å². The van der Waals surface area contributed by atoms with Gasteiger partial charge in [0.15, 0.2) is 0 Å². The molecule has 0 unspecified atom stereocenters. The summed E-state index contributed by atoms with van der Waals surface area (Å²) < 4.78 is 0. The van der Waals surface area contributed by atoms with E-state index in [9.17, 15) is 9.59 Å². The van der Waals surface area contributed by atoms with E-state index in [-0.39, 0.29) is 17.7 Å². The van der Waals surface area contributed by atoms with Gasteiger partial charge in [0.2, 0.25) is 5.91 Å². The second kappa shape index (κ2) is 8.40. The number of amides is 2. The normalized spacial score (nSPS) is 14.6. The highest BCUT2D eigenvalue weighted by Crippen LogP contribution is 2.24. The lowest BCUT2D eigenvalue weighted by molar-refractivity contribution is -0.121. The van der Waals surface area contributed by atoms with Crippen molar-refractivity contribution in [3.63, 3.8) is 0 Å². The molecule has 2 amide bonds. The number of rotatable bonds is 4. The van der Waals surface area contributed by atoms with E-state index in [1.54, 1.807) is 0 Å². The van der Waals surface area contributed by atoms with Gasteiger partial charge < -0.3 is 10.2 Å². The number of carbonyl (C=O) groups excluding carboxylic acids is 2. The van der Waals surface area contributed by atoms with E-state index in [0.29, 0.717) is 25.9 Å². The Morgan fingerprint density at radius 2 is 1.54 bits per heavy atom. The van der Waals surface area contributed by atoms with E-state index < -0.39 is 0 Å². The van der Waals surface area contributed by atoms with Gasteiger partial charge in [0.25, 0.3) is 5.91 Å². The average Bonchev–Trinajstić information content (AvgIpc) is 3.29. The van der Waals surface area contributed by atoms with Crippen molar-refractivity contribution in [2.45, 2.75) is 12.8 Å². The van der Waals surface area contributed by atoms with Crippen LogP contribution in [-0.4, -0.2) is 29.8 Å². The topological polar surface area (TPSA) is 49.4 Å². The summed E-state index contributed by atoms with van der Waals surface area (Å²) in [5, 5.41) is 4.93. The number of carbonyl (C=O) groups is 2. The van der Waals surface area contributed by atoms with Gasteiger partial charge in [0.05, 0.1) is 4.88 Å². The van der Waals surface area contributed by atoms with Gasteiger partial charge in [-0.15, -0.1) is 11.3 Å². The van der Waals surface area contributed by atoms with Gasteiger partial charge in [-0.05, 0) is 47.5 Å². The number of anilines is 1. The number of thiophene rings is 1. The maximum absolute atomic E-state index is 12.6. The first-order valence-corrected chi connectivity index (χ1v) is 10.4. The molecule has 1 saturated heterocycles. The minimum absolute atomic E-state index is 0.0377. The molecule has 0 saturated carbocycles. The van der Waals surface area contributed by atoms with Crippen LogP contribution < -0.4 is 5.32 Å². The number of nitrogens with one attached hydrogen (secondary N) is 1. The minimum atomic E-state index is -0.0545. The van der Waals surface area contributed by atoms with Gasteiger partial charge in [-0.1, -0.05) is 48.5 Å². The summed E-state index contributed by atoms with van der Waals surface area (Å²) in [4.78, 5) is 27.6. The second-order valence-electron chi connectivity index (χ2n) is 6.98. The molecule has 2 aromatic carbocycles. The van der Waals surface area contributed by atoms with Gasteiger partial charge >= 0.3 is 0 Å². The molecule has 28 heavy (non-hydrogen) atoms. The van der Waals surface area contributed by atoms with Crippen molar-refractivity contribution in [1.82, 2.24) is 4.90 Å². The number of nitrogens with zero attached hydrogens (tertiary/aromatic N) is 1. The van der Waals surface area contributed by atoms with Gasteiger partial charge in [-0.2, -0.15) is 0 Å². The van der Waals surface area contributed by atoms with Crippen LogP contribution in [0.25, 0.3) is 11.1 Å². The molecule has 2 heterocycles. The molecule has 1 aliphatic heterocycles. The van der Waals surface area contributed by atoms with E-state index in [1.807, 2.05) is 64.9 Å². The van der Waals surface area contributed by atoms with Crippen molar-refractivity contribution in [3.8, 4) is 11.1 Å². The SMILES string of the molecule is O=C(Nc1ccc(-c2ccccc2)cc1)C1CCN(C(=O)c2cccs2)CC1. The molecule has 4 nitrogen and oxygen atoms in total. The molecule has 0 bridgehead atoms. The maximum atomic E-state index is 12.6. The Hall–Kier alpha value is -2.92. The van der Waals surface area contributed by atoms with Crippen LogP contribution in [-0.2, 0) is 4.79 Å². The zero-order chi connectivity index (χ0) is 19.3. The lowest BCUT2D eigenvalue weighted by Gasteiger charge is -2.31. The van der Waals surface area contributed by atoms with Crippen molar-refractivity contribution in [2.75, 3.05) is 18.4 Å². The quantitative estimate of drug-likeness (QED) is 0.688. The van der Waals surface area contributed by atoms with Crippen molar-refractivity contribution >= 4 is 28.8 Å². The van der Waals surface area contributed by atoms with Crippen LogP contribution in [0.15, 0.2) is 72.1 Å². The molecule has 0 aliphatic carbocycles. The number of likely N-dealkylation sites (tertiary alicyclic amines) is 1. The third-order valence-corrected chi connectivity index (χ3v) is 6.00. The molecule has 0 spiro atoms. The highest BCUT2D eigenvalue weighted by Gasteiger charge is 2.28. The fourth-order valence-corrected chi connectivity index (χ4v) is 4.21. The van der Waals surface area contributed by atoms with Crippen molar-refractivity contribution in [3.05, 3.63) is 77.0 Å². The Balaban J connectivity index is 1.32. The molecular formula is C23H22N2O2S. The Morgan fingerprint density at radius 3 is 2.18 bits per heavy atom. The fraction of sp³-hybridized carbons (Fsp3) is 0.217. The number of hydrogen-bond donors (Lipinski definition) is 1. The van der Waals surface area contributed by atoms with E-state index >= 15 is 0 Å². The predicted molar refractivity (Wildman–Crippen MR) is 113 cm³/mol. The predicted octanol–water partition coefficient (Wildman–Crippen LogP) is 4.91. The molecule has 0 atom stereocenters. The molecule has 5 heteroatoms. The van der Waals surface area contributed by atoms with Gasteiger partial charge in [0, 0.05) is 24.7 Å². The van der Waals surface area contributed by atoms with E-state index in [2.05, 4.69) is 17.4 Å². The van der Waals surface area contributed by atoms with Crippen molar-refractivity contribution in [1.29, 1.82) is 0 Å². The van der Waals surface area contributed by atoms with E-state index in [4.69, 9.17) is 0 Å². The molecule has 0 radical (unpaired) electrons. The van der Waals surface area contributed by atoms with Crippen LogP contribution in [0.2, 0.25) is 0 Å². The second-order valence-corrected chi connectivity index (χ2v) is 7.92. The number of benzene rings is 2. The first-order valence-electron chi connectivity index (χ1n) is 9.50. The van der Waals surface area contributed by atoms with Crippen LogP contribution in [0.1, 0.15) is 22.5 Å². The lowest BCUT2D eigenvalue weighted by atomic mass is 9.95. The van der Waals surface area contributed by atoms with Crippen LogP contribution >= 0.6 is 11.3 Å². The van der Waals surface area contributed by atoms with Crippen LogP contribution in [0.4, 0.5) is 5.69 Å². The maximum Gasteiger partial charge on any atom is 0.263 e. The Morgan fingerprint density at radius 1 is 0.857 bits per heavy atom. The molecule has 142 valence electrons.